The molecule has 3 aromatic carbocycles. The molecule has 1 aliphatic carbocycles. The van der Waals surface area contributed by atoms with Gasteiger partial charge in [-0.2, -0.15) is 0 Å². The Labute approximate surface area is 288 Å². The van der Waals surface area contributed by atoms with E-state index in [4.69, 9.17) is 32.7 Å². The molecular weight excluding hydrogens is 661 g/mol. The summed E-state index contributed by atoms with van der Waals surface area (Å²) in [5, 5.41) is 3.82. The molecule has 0 bridgehead atoms. The molecule has 0 heterocycles. The number of amides is 2. The number of sulfonamides is 1. The lowest BCUT2D eigenvalue weighted by Crippen LogP contribution is -2.54. The van der Waals surface area contributed by atoms with Crippen LogP contribution in [-0.2, 0) is 26.2 Å². The standard InChI is InChI=1S/C35H43Cl2N3O6S/c1-6-31(35(42)38-26-10-8-7-9-11-26)39(21-25-12-14-29(36)30(37)19-25)34(41)22-40(27-17-23(2)16-24(3)18-27)47(43,44)28-13-15-32(45-4)33(20-28)46-5/h12-20,26,31H,6-11,21-22H2,1-5H3,(H,38,42). The highest BCUT2D eigenvalue weighted by Gasteiger charge is 2.35. The quantitative estimate of drug-likeness (QED) is 0.204. The average molecular weight is 705 g/mol. The maximum Gasteiger partial charge on any atom is 0.264 e. The van der Waals surface area contributed by atoms with Crippen LogP contribution in [0.1, 0.15) is 62.1 Å². The lowest BCUT2D eigenvalue weighted by atomic mass is 9.95. The second kappa shape index (κ2) is 16.1. The molecule has 1 fully saturated rings. The summed E-state index contributed by atoms with van der Waals surface area (Å²) in [5.74, 6) is -0.228. The van der Waals surface area contributed by atoms with Crippen LogP contribution >= 0.6 is 23.2 Å². The summed E-state index contributed by atoms with van der Waals surface area (Å²) in [5.41, 5.74) is 2.62. The molecule has 0 spiro atoms. The average Bonchev–Trinajstić information content (AvgIpc) is 3.04. The van der Waals surface area contributed by atoms with E-state index in [1.807, 2.05) is 26.8 Å². The first-order valence-electron chi connectivity index (χ1n) is 15.7. The first-order chi connectivity index (χ1) is 22.4. The molecule has 0 aromatic heterocycles. The SMILES string of the molecule is CCC(C(=O)NC1CCCCC1)N(Cc1ccc(Cl)c(Cl)c1)C(=O)CN(c1cc(C)cc(C)c1)S(=O)(=O)c1ccc(OC)c(OC)c1. The number of anilines is 1. The number of methoxy groups -OCH3 is 2. The number of ether oxygens (including phenoxy) is 2. The molecule has 47 heavy (non-hydrogen) atoms. The number of rotatable bonds is 13. The predicted molar refractivity (Wildman–Crippen MR) is 186 cm³/mol. The topological polar surface area (TPSA) is 105 Å². The van der Waals surface area contributed by atoms with Gasteiger partial charge in [0.05, 0.1) is 34.8 Å². The van der Waals surface area contributed by atoms with Gasteiger partial charge >= 0.3 is 0 Å². The first kappa shape index (κ1) is 36.4. The Morgan fingerprint density at radius 2 is 1.55 bits per heavy atom. The minimum absolute atomic E-state index is 0.0173. The third-order valence-corrected chi connectivity index (χ3v) is 10.9. The molecule has 3 aromatic rings. The fourth-order valence-electron chi connectivity index (χ4n) is 6.03. The lowest BCUT2D eigenvalue weighted by molar-refractivity contribution is -0.140. The zero-order chi connectivity index (χ0) is 34.3. The van der Waals surface area contributed by atoms with Crippen molar-refractivity contribution in [3.05, 3.63) is 81.3 Å². The van der Waals surface area contributed by atoms with Crippen molar-refractivity contribution in [3.8, 4) is 11.5 Å². The van der Waals surface area contributed by atoms with E-state index < -0.39 is 28.5 Å². The third-order valence-electron chi connectivity index (χ3n) is 8.39. The van der Waals surface area contributed by atoms with Gasteiger partial charge in [0.2, 0.25) is 11.8 Å². The number of aryl methyl sites for hydroxylation is 2. The molecule has 254 valence electrons. The molecule has 4 rings (SSSR count). The summed E-state index contributed by atoms with van der Waals surface area (Å²) in [6, 6.07) is 13.8. The predicted octanol–water partition coefficient (Wildman–Crippen LogP) is 7.08. The Balaban J connectivity index is 1.78. The van der Waals surface area contributed by atoms with Crippen molar-refractivity contribution in [2.24, 2.45) is 0 Å². The van der Waals surface area contributed by atoms with Crippen molar-refractivity contribution in [2.75, 3.05) is 25.1 Å². The summed E-state index contributed by atoms with van der Waals surface area (Å²) in [4.78, 5) is 29.6. The summed E-state index contributed by atoms with van der Waals surface area (Å²) in [6.45, 7) is 5.01. The molecule has 0 radical (unpaired) electrons. The van der Waals surface area contributed by atoms with Gasteiger partial charge in [-0.15, -0.1) is 0 Å². The number of hydrogen-bond donors (Lipinski definition) is 1. The summed E-state index contributed by atoms with van der Waals surface area (Å²) < 4.78 is 40.6. The number of nitrogens with one attached hydrogen (secondary N) is 1. The molecule has 0 saturated heterocycles. The number of halogens is 2. The van der Waals surface area contributed by atoms with Gasteiger partial charge in [0, 0.05) is 18.7 Å². The van der Waals surface area contributed by atoms with Crippen LogP contribution in [0.25, 0.3) is 0 Å². The van der Waals surface area contributed by atoms with Gasteiger partial charge in [0.1, 0.15) is 12.6 Å². The highest BCUT2D eigenvalue weighted by Crippen LogP contribution is 2.33. The number of benzene rings is 3. The van der Waals surface area contributed by atoms with E-state index in [1.54, 1.807) is 30.3 Å². The van der Waals surface area contributed by atoms with Crippen LogP contribution in [0.5, 0.6) is 11.5 Å². The molecule has 12 heteroatoms. The van der Waals surface area contributed by atoms with E-state index in [0.29, 0.717) is 33.5 Å². The summed E-state index contributed by atoms with van der Waals surface area (Å²) >= 11 is 12.5. The molecule has 1 atom stereocenters. The molecule has 0 aliphatic heterocycles. The van der Waals surface area contributed by atoms with Gasteiger partial charge < -0.3 is 19.7 Å². The maximum absolute atomic E-state index is 14.5. The minimum atomic E-state index is -4.32. The van der Waals surface area contributed by atoms with Gasteiger partial charge in [0.25, 0.3) is 10.0 Å². The Morgan fingerprint density at radius 1 is 0.894 bits per heavy atom. The smallest absolute Gasteiger partial charge is 0.264 e. The first-order valence-corrected chi connectivity index (χ1v) is 17.9. The maximum atomic E-state index is 14.5. The van der Waals surface area contributed by atoms with Gasteiger partial charge in [-0.05, 0) is 86.2 Å². The van der Waals surface area contributed by atoms with E-state index in [-0.39, 0.29) is 29.1 Å². The molecular formula is C35H43Cl2N3O6S. The van der Waals surface area contributed by atoms with Gasteiger partial charge in [-0.25, -0.2) is 8.42 Å². The Hall–Kier alpha value is -3.47. The second-order valence-corrected chi connectivity index (χ2v) is 14.6. The van der Waals surface area contributed by atoms with Gasteiger partial charge in [-0.3, -0.25) is 13.9 Å². The molecule has 9 nitrogen and oxygen atoms in total. The van der Waals surface area contributed by atoms with Crippen molar-refractivity contribution in [3.63, 3.8) is 0 Å². The van der Waals surface area contributed by atoms with E-state index in [1.165, 1.54) is 37.3 Å². The van der Waals surface area contributed by atoms with Crippen molar-refractivity contribution in [2.45, 2.75) is 82.8 Å². The van der Waals surface area contributed by atoms with E-state index in [9.17, 15) is 18.0 Å². The minimum Gasteiger partial charge on any atom is -0.493 e. The summed E-state index contributed by atoms with van der Waals surface area (Å²) in [6.07, 6.45) is 5.28. The van der Waals surface area contributed by atoms with Crippen LogP contribution in [-0.4, -0.2) is 58.0 Å². The van der Waals surface area contributed by atoms with E-state index in [2.05, 4.69) is 5.32 Å². The largest absolute Gasteiger partial charge is 0.493 e. The van der Waals surface area contributed by atoms with Crippen LogP contribution in [0.3, 0.4) is 0 Å². The van der Waals surface area contributed by atoms with Crippen LogP contribution in [0.15, 0.2) is 59.5 Å². The Morgan fingerprint density at radius 3 is 2.15 bits per heavy atom. The second-order valence-electron chi connectivity index (χ2n) is 11.9. The van der Waals surface area contributed by atoms with Gasteiger partial charge in [-0.1, -0.05) is 61.5 Å². The number of nitrogens with zero attached hydrogens (tertiary/aromatic N) is 2. The van der Waals surface area contributed by atoms with Crippen molar-refractivity contribution >= 4 is 50.7 Å². The van der Waals surface area contributed by atoms with Crippen molar-refractivity contribution < 1.29 is 27.5 Å². The highest BCUT2D eigenvalue weighted by molar-refractivity contribution is 7.92. The summed E-state index contributed by atoms with van der Waals surface area (Å²) in [7, 11) is -1.44. The zero-order valence-electron chi connectivity index (χ0n) is 27.5. The van der Waals surface area contributed by atoms with Crippen LogP contribution < -0.4 is 19.1 Å². The van der Waals surface area contributed by atoms with E-state index in [0.717, 1.165) is 47.5 Å². The van der Waals surface area contributed by atoms with Crippen LogP contribution in [0.4, 0.5) is 5.69 Å². The van der Waals surface area contributed by atoms with Gasteiger partial charge in [0.15, 0.2) is 11.5 Å². The lowest BCUT2D eigenvalue weighted by Gasteiger charge is -2.34. The Kier molecular flexibility index (Phi) is 12.4. The van der Waals surface area contributed by atoms with Crippen LogP contribution in [0, 0.1) is 13.8 Å². The third kappa shape index (κ3) is 8.91. The van der Waals surface area contributed by atoms with Crippen molar-refractivity contribution in [1.29, 1.82) is 0 Å². The monoisotopic (exact) mass is 703 g/mol. The van der Waals surface area contributed by atoms with Crippen molar-refractivity contribution in [1.82, 2.24) is 10.2 Å². The highest BCUT2D eigenvalue weighted by atomic mass is 35.5. The number of hydrogen-bond acceptors (Lipinski definition) is 6. The van der Waals surface area contributed by atoms with Crippen LogP contribution in [0.2, 0.25) is 10.0 Å². The fourth-order valence-corrected chi connectivity index (χ4v) is 7.76. The molecule has 1 N–H and O–H groups in total. The fraction of sp³-hybridized carbons (Fsp3) is 0.429. The normalized spacial score (nSPS) is 14.3. The Bertz CT molecular complexity index is 1670. The number of carbonyl (C=O) groups is 2. The molecule has 1 aliphatic rings. The van der Waals surface area contributed by atoms with E-state index >= 15 is 0 Å². The molecule has 1 unspecified atom stereocenters. The molecule has 1 saturated carbocycles. The zero-order valence-corrected chi connectivity index (χ0v) is 29.8. The molecule has 2 amide bonds. The number of carbonyl (C=O) groups excluding carboxylic acids is 2.